The third kappa shape index (κ3) is 3.69. The van der Waals surface area contributed by atoms with E-state index in [1.54, 1.807) is 6.20 Å². The number of pyridine rings is 1. The summed E-state index contributed by atoms with van der Waals surface area (Å²) in [6.45, 7) is 5.91. The van der Waals surface area contributed by atoms with Gasteiger partial charge in [0.1, 0.15) is 5.69 Å². The Morgan fingerprint density at radius 3 is 2.74 bits per heavy atom. The second-order valence-corrected chi connectivity index (χ2v) is 5.05. The Balaban J connectivity index is 2.03. The molecule has 0 bridgehead atoms. The van der Waals surface area contributed by atoms with Crippen molar-refractivity contribution in [3.63, 3.8) is 0 Å². The number of nitrogens with zero attached hydrogens (tertiary/aromatic N) is 2. The second-order valence-electron chi connectivity index (χ2n) is 5.05. The minimum Gasteiger partial charge on any atom is -0.384 e. The molecule has 1 aliphatic rings. The van der Waals surface area contributed by atoms with E-state index < -0.39 is 0 Å². The predicted octanol–water partition coefficient (Wildman–Crippen LogP) is 2.92. The highest BCUT2D eigenvalue weighted by molar-refractivity contribution is 5.92. The molecular weight excluding hydrogens is 238 g/mol. The van der Waals surface area contributed by atoms with Gasteiger partial charge in [0, 0.05) is 19.1 Å². The number of nitrogens with one attached hydrogen (secondary N) is 1. The maximum atomic E-state index is 12.4. The number of carbonyl (C=O) groups is 1. The lowest BCUT2D eigenvalue weighted by molar-refractivity contribution is 0.0735. The number of aromatic nitrogens is 1. The summed E-state index contributed by atoms with van der Waals surface area (Å²) >= 11 is 0. The summed E-state index contributed by atoms with van der Waals surface area (Å²) in [5.74, 6) is 0.0824. The quantitative estimate of drug-likeness (QED) is 0.821. The van der Waals surface area contributed by atoms with E-state index >= 15 is 0 Å². The molecule has 104 valence electrons. The van der Waals surface area contributed by atoms with Crippen molar-refractivity contribution < 1.29 is 4.79 Å². The molecule has 1 heterocycles. The van der Waals surface area contributed by atoms with Gasteiger partial charge >= 0.3 is 0 Å². The lowest BCUT2D eigenvalue weighted by Crippen LogP contribution is -2.34. The van der Waals surface area contributed by atoms with Gasteiger partial charge in [0.2, 0.25) is 0 Å². The molecule has 0 aromatic carbocycles. The van der Waals surface area contributed by atoms with E-state index in [0.717, 1.165) is 44.5 Å². The van der Waals surface area contributed by atoms with E-state index in [2.05, 4.69) is 17.2 Å². The van der Waals surface area contributed by atoms with Gasteiger partial charge in [-0.25, -0.2) is 4.98 Å². The van der Waals surface area contributed by atoms with Crippen LogP contribution in [0.4, 0.5) is 5.69 Å². The number of carbonyl (C=O) groups excluding carboxylic acids is 1. The zero-order chi connectivity index (χ0) is 13.7. The van der Waals surface area contributed by atoms with Crippen LogP contribution in [-0.4, -0.2) is 34.9 Å². The van der Waals surface area contributed by atoms with Crippen LogP contribution in [0.1, 0.15) is 50.0 Å². The average Bonchev–Trinajstić information content (AvgIpc) is 3.25. The SMILES string of the molecule is CCCCN(C(=O)c1ccc(NCC)cn1)C1CC1. The standard InChI is InChI=1S/C15H23N3O/c1-3-5-10-18(13-7-8-13)15(19)14-9-6-12(11-17-14)16-4-2/h6,9,11,13,16H,3-5,7-8,10H2,1-2H3. The lowest BCUT2D eigenvalue weighted by Gasteiger charge is -2.21. The first-order chi connectivity index (χ1) is 9.26. The van der Waals surface area contributed by atoms with Gasteiger partial charge in [0.25, 0.3) is 5.91 Å². The van der Waals surface area contributed by atoms with E-state index in [4.69, 9.17) is 0 Å². The Morgan fingerprint density at radius 2 is 2.21 bits per heavy atom. The summed E-state index contributed by atoms with van der Waals surface area (Å²) in [7, 11) is 0. The van der Waals surface area contributed by atoms with Crippen LogP contribution >= 0.6 is 0 Å². The molecule has 0 unspecified atom stereocenters. The normalized spacial score (nSPS) is 14.2. The molecule has 1 N–H and O–H groups in total. The molecule has 4 heteroatoms. The van der Waals surface area contributed by atoms with Crippen LogP contribution in [0.15, 0.2) is 18.3 Å². The molecule has 1 amide bonds. The average molecular weight is 261 g/mol. The van der Waals surface area contributed by atoms with Gasteiger partial charge in [-0.05, 0) is 38.3 Å². The largest absolute Gasteiger partial charge is 0.384 e. The van der Waals surface area contributed by atoms with Crippen LogP contribution in [0.5, 0.6) is 0 Å². The number of hydrogen-bond donors (Lipinski definition) is 1. The molecule has 0 radical (unpaired) electrons. The van der Waals surface area contributed by atoms with Gasteiger partial charge in [-0.3, -0.25) is 4.79 Å². The zero-order valence-electron chi connectivity index (χ0n) is 11.9. The first-order valence-corrected chi connectivity index (χ1v) is 7.27. The molecular formula is C15H23N3O. The Kier molecular flexibility index (Phi) is 4.77. The van der Waals surface area contributed by atoms with Crippen molar-refractivity contribution >= 4 is 11.6 Å². The summed E-state index contributed by atoms with van der Waals surface area (Å²) in [5, 5.41) is 3.18. The van der Waals surface area contributed by atoms with Crippen molar-refractivity contribution in [3.8, 4) is 0 Å². The van der Waals surface area contributed by atoms with Gasteiger partial charge in [-0.15, -0.1) is 0 Å². The first-order valence-electron chi connectivity index (χ1n) is 7.27. The topological polar surface area (TPSA) is 45.2 Å². The molecule has 4 nitrogen and oxygen atoms in total. The summed E-state index contributed by atoms with van der Waals surface area (Å²) in [4.78, 5) is 18.7. The van der Waals surface area contributed by atoms with Crippen molar-refractivity contribution in [2.24, 2.45) is 0 Å². The summed E-state index contributed by atoms with van der Waals surface area (Å²) in [6.07, 6.45) is 6.21. The smallest absolute Gasteiger partial charge is 0.272 e. The molecule has 1 aliphatic carbocycles. The molecule has 1 aromatic heterocycles. The molecule has 19 heavy (non-hydrogen) atoms. The molecule has 0 spiro atoms. The Labute approximate surface area is 115 Å². The van der Waals surface area contributed by atoms with E-state index in [-0.39, 0.29) is 5.91 Å². The molecule has 2 rings (SSSR count). The van der Waals surface area contributed by atoms with E-state index in [0.29, 0.717) is 11.7 Å². The van der Waals surface area contributed by atoms with Crippen LogP contribution in [0.25, 0.3) is 0 Å². The number of amides is 1. The third-order valence-electron chi connectivity index (χ3n) is 3.36. The minimum atomic E-state index is 0.0824. The highest BCUT2D eigenvalue weighted by Crippen LogP contribution is 2.28. The van der Waals surface area contributed by atoms with Crippen molar-refractivity contribution in [1.29, 1.82) is 0 Å². The van der Waals surface area contributed by atoms with Gasteiger partial charge in [0.15, 0.2) is 0 Å². The number of hydrogen-bond acceptors (Lipinski definition) is 3. The fraction of sp³-hybridized carbons (Fsp3) is 0.600. The molecule has 0 saturated heterocycles. The van der Waals surface area contributed by atoms with Crippen LogP contribution in [0.2, 0.25) is 0 Å². The first kappa shape index (κ1) is 13.8. The molecule has 1 saturated carbocycles. The Hall–Kier alpha value is -1.58. The maximum absolute atomic E-state index is 12.4. The van der Waals surface area contributed by atoms with E-state index in [9.17, 15) is 4.79 Å². The van der Waals surface area contributed by atoms with Crippen molar-refractivity contribution in [3.05, 3.63) is 24.0 Å². The summed E-state index contributed by atoms with van der Waals surface area (Å²) < 4.78 is 0. The van der Waals surface area contributed by atoms with Crippen molar-refractivity contribution in [2.75, 3.05) is 18.4 Å². The van der Waals surface area contributed by atoms with E-state index in [1.165, 1.54) is 0 Å². The van der Waals surface area contributed by atoms with Gasteiger partial charge in [0.05, 0.1) is 11.9 Å². The highest BCUT2D eigenvalue weighted by Gasteiger charge is 2.32. The zero-order valence-corrected chi connectivity index (χ0v) is 11.9. The van der Waals surface area contributed by atoms with Crippen LogP contribution in [0.3, 0.4) is 0 Å². The highest BCUT2D eigenvalue weighted by atomic mass is 16.2. The number of rotatable bonds is 7. The van der Waals surface area contributed by atoms with Crippen molar-refractivity contribution in [1.82, 2.24) is 9.88 Å². The predicted molar refractivity (Wildman–Crippen MR) is 77.4 cm³/mol. The summed E-state index contributed by atoms with van der Waals surface area (Å²) in [5.41, 5.74) is 1.52. The number of unbranched alkanes of at least 4 members (excludes halogenated alkanes) is 1. The third-order valence-corrected chi connectivity index (χ3v) is 3.36. The lowest BCUT2D eigenvalue weighted by atomic mass is 10.2. The Morgan fingerprint density at radius 1 is 1.42 bits per heavy atom. The van der Waals surface area contributed by atoms with Gasteiger partial charge < -0.3 is 10.2 Å². The fourth-order valence-corrected chi connectivity index (χ4v) is 2.14. The van der Waals surface area contributed by atoms with Gasteiger partial charge in [-0.2, -0.15) is 0 Å². The number of anilines is 1. The van der Waals surface area contributed by atoms with E-state index in [1.807, 2.05) is 24.0 Å². The molecule has 1 aromatic rings. The van der Waals surface area contributed by atoms with Gasteiger partial charge in [-0.1, -0.05) is 13.3 Å². The molecule has 0 atom stereocenters. The molecule has 0 aliphatic heterocycles. The van der Waals surface area contributed by atoms with Crippen LogP contribution in [-0.2, 0) is 0 Å². The Bertz CT molecular complexity index is 412. The second kappa shape index (κ2) is 6.55. The van der Waals surface area contributed by atoms with Crippen LogP contribution < -0.4 is 5.32 Å². The fourth-order valence-electron chi connectivity index (χ4n) is 2.14. The van der Waals surface area contributed by atoms with Crippen LogP contribution in [0, 0.1) is 0 Å². The summed E-state index contributed by atoms with van der Waals surface area (Å²) in [6, 6.07) is 4.20. The molecule has 1 fully saturated rings. The maximum Gasteiger partial charge on any atom is 0.272 e. The van der Waals surface area contributed by atoms with Crippen molar-refractivity contribution in [2.45, 2.75) is 45.6 Å². The monoisotopic (exact) mass is 261 g/mol. The minimum absolute atomic E-state index is 0.0824.